The maximum Gasteiger partial charge on any atom is 0.337 e. The van der Waals surface area contributed by atoms with Gasteiger partial charge in [-0.15, -0.1) is 0 Å². The molecule has 6 nitrogen and oxygen atoms in total. The molecule has 0 aliphatic carbocycles. The van der Waals surface area contributed by atoms with Gasteiger partial charge in [0.2, 0.25) is 0 Å². The van der Waals surface area contributed by atoms with Crippen LogP contribution in [0.4, 0.5) is 4.79 Å². The van der Waals surface area contributed by atoms with E-state index in [4.69, 9.17) is 4.74 Å². The Morgan fingerprint density at radius 1 is 1.33 bits per heavy atom. The molecule has 0 unspecified atom stereocenters. The first-order chi connectivity index (χ1) is 11.5. The summed E-state index contributed by atoms with van der Waals surface area (Å²) in [7, 11) is 0. The molecule has 7 heteroatoms. The van der Waals surface area contributed by atoms with Crippen LogP contribution in [0.2, 0.25) is 0 Å². The Hall–Kier alpha value is -1.86. The number of halogens is 1. The summed E-state index contributed by atoms with van der Waals surface area (Å²) < 4.78 is 6.11. The number of hydrogen-bond acceptors (Lipinski definition) is 3. The van der Waals surface area contributed by atoms with E-state index in [0.717, 1.165) is 10.9 Å². The van der Waals surface area contributed by atoms with E-state index in [0.29, 0.717) is 24.4 Å². The normalized spacial score (nSPS) is 15.5. The van der Waals surface area contributed by atoms with Gasteiger partial charge >= 0.3 is 12.0 Å². The molecule has 0 spiro atoms. The van der Waals surface area contributed by atoms with Gasteiger partial charge in [0.05, 0.1) is 24.4 Å². The molecule has 1 aliphatic heterocycles. The number of ether oxygens (including phenoxy) is 1. The Kier molecular flexibility index (Phi) is 6.81. The molecule has 0 radical (unpaired) electrons. The predicted molar refractivity (Wildman–Crippen MR) is 94.2 cm³/mol. The fourth-order valence-electron chi connectivity index (χ4n) is 2.63. The van der Waals surface area contributed by atoms with Crippen LogP contribution in [-0.2, 0) is 9.53 Å². The first kappa shape index (κ1) is 18.5. The second kappa shape index (κ2) is 8.84. The topological polar surface area (TPSA) is 84.0 Å². The quantitative estimate of drug-likeness (QED) is 0.611. The molecular formula is C17H23BrN3O3+. The van der Waals surface area contributed by atoms with Crippen molar-refractivity contribution in [3.8, 4) is 0 Å². The fourth-order valence-corrected chi connectivity index (χ4v) is 2.89. The first-order valence-electron chi connectivity index (χ1n) is 8.07. The van der Waals surface area contributed by atoms with E-state index in [1.54, 1.807) is 6.92 Å². The number of nitrogens with two attached hydrogens (primary N) is 1. The van der Waals surface area contributed by atoms with Gasteiger partial charge in [0, 0.05) is 16.5 Å². The zero-order valence-electron chi connectivity index (χ0n) is 13.9. The molecule has 0 bridgehead atoms. The van der Waals surface area contributed by atoms with Gasteiger partial charge in [-0.2, -0.15) is 0 Å². The Bertz CT molecular complexity index is 628. The zero-order valence-corrected chi connectivity index (χ0v) is 15.5. The van der Waals surface area contributed by atoms with Crippen molar-refractivity contribution in [3.63, 3.8) is 0 Å². The lowest BCUT2D eigenvalue weighted by Gasteiger charge is -2.22. The maximum atomic E-state index is 12.0. The third-order valence-corrected chi connectivity index (χ3v) is 4.45. The van der Waals surface area contributed by atoms with Crippen molar-refractivity contribution in [1.29, 1.82) is 0 Å². The number of carbonyl (C=O) groups excluding carboxylic acids is 2. The SMILES string of the molecule is CCOC(=O)C1=C(C[NH2+][C@@H](CC)c2ccc(Br)cc2)NC(=O)NC1. The lowest BCUT2D eigenvalue weighted by molar-refractivity contribution is -0.690. The van der Waals surface area contributed by atoms with Crippen LogP contribution >= 0.6 is 15.9 Å². The first-order valence-corrected chi connectivity index (χ1v) is 8.87. The molecular weight excluding hydrogens is 374 g/mol. The highest BCUT2D eigenvalue weighted by molar-refractivity contribution is 9.10. The summed E-state index contributed by atoms with van der Waals surface area (Å²) in [5.41, 5.74) is 2.31. The van der Waals surface area contributed by atoms with Crippen LogP contribution in [0.5, 0.6) is 0 Å². The van der Waals surface area contributed by atoms with E-state index < -0.39 is 0 Å². The Balaban J connectivity index is 2.11. The van der Waals surface area contributed by atoms with Gasteiger partial charge in [-0.25, -0.2) is 9.59 Å². The standard InChI is InChI=1S/C17H22BrN3O3/c1-3-14(11-5-7-12(18)8-6-11)19-10-15-13(16(22)24-4-2)9-20-17(23)21-15/h5-8,14,19H,3-4,9-10H2,1-2H3,(H2,20,21,23)/p+1/t14-/m0/s1. The highest BCUT2D eigenvalue weighted by atomic mass is 79.9. The molecule has 0 saturated heterocycles. The number of hydrogen-bond donors (Lipinski definition) is 3. The summed E-state index contributed by atoms with van der Waals surface area (Å²) in [6.45, 7) is 4.90. The van der Waals surface area contributed by atoms with Crippen molar-refractivity contribution in [1.82, 2.24) is 10.6 Å². The van der Waals surface area contributed by atoms with Crippen LogP contribution in [0.15, 0.2) is 40.0 Å². The molecule has 2 rings (SSSR count). The third-order valence-electron chi connectivity index (χ3n) is 3.92. The molecule has 1 aromatic rings. The fraction of sp³-hybridized carbons (Fsp3) is 0.412. The average molecular weight is 397 g/mol. The smallest absolute Gasteiger partial charge is 0.337 e. The zero-order chi connectivity index (χ0) is 17.5. The van der Waals surface area contributed by atoms with Gasteiger partial charge in [0.1, 0.15) is 12.6 Å². The largest absolute Gasteiger partial charge is 0.463 e. The number of nitrogens with one attached hydrogen (secondary N) is 2. The number of benzene rings is 1. The van der Waals surface area contributed by atoms with Gasteiger partial charge in [0.25, 0.3) is 0 Å². The van der Waals surface area contributed by atoms with Crippen molar-refractivity contribution in [2.45, 2.75) is 26.3 Å². The molecule has 4 N–H and O–H groups in total. The van der Waals surface area contributed by atoms with E-state index in [1.165, 1.54) is 5.56 Å². The highest BCUT2D eigenvalue weighted by Gasteiger charge is 2.25. The van der Waals surface area contributed by atoms with Gasteiger partial charge in [-0.3, -0.25) is 0 Å². The van der Waals surface area contributed by atoms with Gasteiger partial charge in [-0.1, -0.05) is 35.0 Å². The minimum atomic E-state index is -0.384. The van der Waals surface area contributed by atoms with E-state index in [9.17, 15) is 9.59 Å². The number of urea groups is 1. The van der Waals surface area contributed by atoms with Crippen LogP contribution < -0.4 is 16.0 Å². The second-order valence-corrected chi connectivity index (χ2v) is 6.41. The van der Waals surface area contributed by atoms with Gasteiger partial charge < -0.3 is 20.7 Å². The molecule has 0 aromatic heterocycles. The van der Waals surface area contributed by atoms with E-state index in [1.807, 2.05) is 12.1 Å². The molecule has 2 amide bonds. The molecule has 1 atom stereocenters. The number of rotatable bonds is 7. The lowest BCUT2D eigenvalue weighted by atomic mass is 10.0. The van der Waals surface area contributed by atoms with Crippen molar-refractivity contribution < 1.29 is 19.6 Å². The van der Waals surface area contributed by atoms with E-state index in [-0.39, 0.29) is 24.6 Å². The Morgan fingerprint density at radius 3 is 2.67 bits per heavy atom. The number of quaternary nitrogens is 1. The molecule has 1 aromatic carbocycles. The predicted octanol–water partition coefficient (Wildman–Crippen LogP) is 1.59. The van der Waals surface area contributed by atoms with Crippen molar-refractivity contribution in [2.24, 2.45) is 0 Å². The molecule has 0 saturated carbocycles. The molecule has 130 valence electrons. The van der Waals surface area contributed by atoms with E-state index >= 15 is 0 Å². The molecule has 24 heavy (non-hydrogen) atoms. The monoisotopic (exact) mass is 396 g/mol. The van der Waals surface area contributed by atoms with Crippen LogP contribution in [-0.4, -0.2) is 31.7 Å². The van der Waals surface area contributed by atoms with E-state index in [2.05, 4.69) is 50.9 Å². The summed E-state index contributed by atoms with van der Waals surface area (Å²) in [4.78, 5) is 23.6. The molecule has 0 fully saturated rings. The number of esters is 1. The lowest BCUT2D eigenvalue weighted by Crippen LogP contribution is -2.86. The summed E-state index contributed by atoms with van der Waals surface area (Å²) in [6.07, 6.45) is 0.940. The third kappa shape index (κ3) is 4.82. The summed E-state index contributed by atoms with van der Waals surface area (Å²) in [6, 6.07) is 8.15. The van der Waals surface area contributed by atoms with Crippen LogP contribution in [0.1, 0.15) is 31.9 Å². The van der Waals surface area contributed by atoms with Gasteiger partial charge in [-0.05, 0) is 19.1 Å². The Labute approximate surface area is 150 Å². The van der Waals surface area contributed by atoms with Crippen LogP contribution in [0.25, 0.3) is 0 Å². The summed E-state index contributed by atoms with van der Waals surface area (Å²) in [5, 5.41) is 7.48. The van der Waals surface area contributed by atoms with Crippen molar-refractivity contribution >= 4 is 27.9 Å². The van der Waals surface area contributed by atoms with Crippen LogP contribution in [0, 0.1) is 0 Å². The van der Waals surface area contributed by atoms with Gasteiger partial charge in [0.15, 0.2) is 0 Å². The van der Waals surface area contributed by atoms with Crippen LogP contribution in [0.3, 0.4) is 0 Å². The molecule has 1 heterocycles. The number of carbonyl (C=O) groups is 2. The minimum absolute atomic E-state index is 0.197. The van der Waals surface area contributed by atoms with Crippen molar-refractivity contribution in [2.75, 3.05) is 19.7 Å². The second-order valence-electron chi connectivity index (χ2n) is 5.49. The number of amides is 2. The Morgan fingerprint density at radius 2 is 2.04 bits per heavy atom. The minimum Gasteiger partial charge on any atom is -0.463 e. The molecule has 1 aliphatic rings. The van der Waals surface area contributed by atoms with Crippen molar-refractivity contribution in [3.05, 3.63) is 45.6 Å². The summed E-state index contributed by atoms with van der Waals surface area (Å²) in [5.74, 6) is -0.384. The highest BCUT2D eigenvalue weighted by Crippen LogP contribution is 2.16. The summed E-state index contributed by atoms with van der Waals surface area (Å²) >= 11 is 3.44. The average Bonchev–Trinajstić information content (AvgIpc) is 2.57. The maximum absolute atomic E-state index is 12.0.